The number of nitrogens with zero attached hydrogens (tertiary/aromatic N) is 1. The van der Waals surface area contributed by atoms with Crippen molar-refractivity contribution in [3.8, 4) is 16.8 Å². The average Bonchev–Trinajstić information content (AvgIpc) is 3.45. The van der Waals surface area contributed by atoms with Gasteiger partial charge in [0.15, 0.2) is 7.14 Å². The second-order valence-corrected chi connectivity index (χ2v) is 15.6. The van der Waals surface area contributed by atoms with Crippen LogP contribution in [-0.4, -0.2) is 4.57 Å². The maximum atomic E-state index is 15.4. The zero-order valence-corrected chi connectivity index (χ0v) is 26.7. The first kappa shape index (κ1) is 27.2. The molecule has 3 heteroatoms. The minimum atomic E-state index is -3.15. The predicted molar refractivity (Wildman–Crippen MR) is 195 cm³/mol. The molecule has 0 fully saturated rings. The van der Waals surface area contributed by atoms with Crippen molar-refractivity contribution in [2.45, 2.75) is 19.3 Å². The van der Waals surface area contributed by atoms with Crippen molar-refractivity contribution in [3.05, 3.63) is 169 Å². The summed E-state index contributed by atoms with van der Waals surface area (Å²) in [5.41, 5.74) is 8.54. The molecule has 8 aromatic rings. The molecule has 1 aromatic heterocycles. The van der Waals surface area contributed by atoms with Gasteiger partial charge in [-0.2, -0.15) is 0 Å². The fourth-order valence-electron chi connectivity index (χ4n) is 7.84. The van der Waals surface area contributed by atoms with Crippen molar-refractivity contribution in [3.63, 3.8) is 0 Å². The average molecular weight is 610 g/mol. The molecule has 2 heterocycles. The molecule has 1 aliphatic heterocycles. The summed E-state index contributed by atoms with van der Waals surface area (Å²) in [5, 5.41) is 7.29. The molecule has 0 N–H and O–H groups in total. The van der Waals surface area contributed by atoms with Crippen LogP contribution in [0.5, 0.6) is 0 Å². The lowest BCUT2D eigenvalue weighted by Gasteiger charge is -2.35. The number of aromatic nitrogens is 1. The summed E-state index contributed by atoms with van der Waals surface area (Å²) < 4.78 is 17.9. The van der Waals surface area contributed by atoms with Crippen molar-refractivity contribution in [2.75, 3.05) is 0 Å². The lowest BCUT2D eigenvalue weighted by Crippen LogP contribution is -2.26. The summed E-state index contributed by atoms with van der Waals surface area (Å²) >= 11 is 0. The van der Waals surface area contributed by atoms with E-state index in [1.807, 2.05) is 60.7 Å². The van der Waals surface area contributed by atoms with Crippen molar-refractivity contribution >= 4 is 55.6 Å². The monoisotopic (exact) mass is 609 g/mol. The van der Waals surface area contributed by atoms with E-state index in [1.165, 1.54) is 38.6 Å². The third kappa shape index (κ3) is 3.68. The van der Waals surface area contributed by atoms with Gasteiger partial charge in [0.2, 0.25) is 0 Å². The third-order valence-electron chi connectivity index (χ3n) is 10.1. The van der Waals surface area contributed by atoms with E-state index in [9.17, 15) is 0 Å². The zero-order valence-electron chi connectivity index (χ0n) is 25.8. The van der Waals surface area contributed by atoms with E-state index in [-0.39, 0.29) is 5.41 Å². The number of benzene rings is 7. The van der Waals surface area contributed by atoms with Crippen molar-refractivity contribution in [1.29, 1.82) is 0 Å². The number of hydrogen-bond donors (Lipinski definition) is 0. The molecule has 46 heavy (non-hydrogen) atoms. The Kier molecular flexibility index (Phi) is 5.85. The minimum Gasteiger partial charge on any atom is -0.309 e. The molecule has 0 amide bonds. The summed E-state index contributed by atoms with van der Waals surface area (Å²) in [6.45, 7) is 4.70. The Morgan fingerprint density at radius 1 is 0.522 bits per heavy atom. The fraction of sp³-hybridized carbons (Fsp3) is 0.0698. The highest BCUT2D eigenvalue weighted by atomic mass is 31.2. The summed E-state index contributed by atoms with van der Waals surface area (Å²) in [6, 6.07) is 55.1. The lowest BCUT2D eigenvalue weighted by atomic mass is 9.74. The number of para-hydroxylation sites is 2. The molecule has 2 nitrogen and oxygen atoms in total. The van der Waals surface area contributed by atoms with Crippen LogP contribution in [0.2, 0.25) is 0 Å². The molecule has 0 atom stereocenters. The van der Waals surface area contributed by atoms with Gasteiger partial charge in [0.05, 0.1) is 16.7 Å². The molecule has 7 aromatic carbocycles. The van der Waals surface area contributed by atoms with Gasteiger partial charge in [-0.1, -0.05) is 153 Å². The Hall–Kier alpha value is -5.17. The SMILES string of the molecule is CC1(C)c2cc(-c3cccc4c(P(=O)(c5ccccc5)c5ccccc5)cccc34)ccc2-n2c3ccccc3c3cccc1c32. The normalized spacial score (nSPS) is 13.7. The lowest BCUT2D eigenvalue weighted by molar-refractivity contribution is 0.592. The molecule has 0 spiro atoms. The quantitative estimate of drug-likeness (QED) is 0.182. The zero-order chi connectivity index (χ0) is 31.0. The van der Waals surface area contributed by atoms with Crippen LogP contribution in [0.25, 0.3) is 49.4 Å². The topological polar surface area (TPSA) is 22.0 Å². The van der Waals surface area contributed by atoms with Gasteiger partial charge in [0, 0.05) is 32.1 Å². The van der Waals surface area contributed by atoms with E-state index >= 15 is 4.57 Å². The second kappa shape index (κ2) is 9.91. The van der Waals surface area contributed by atoms with Gasteiger partial charge in [-0.3, -0.25) is 0 Å². The van der Waals surface area contributed by atoms with Crippen LogP contribution in [0.3, 0.4) is 0 Å². The predicted octanol–water partition coefficient (Wildman–Crippen LogP) is 9.88. The highest BCUT2D eigenvalue weighted by Gasteiger charge is 2.36. The molecular weight excluding hydrogens is 577 g/mol. The van der Waals surface area contributed by atoms with Crippen molar-refractivity contribution in [2.24, 2.45) is 0 Å². The number of fused-ring (bicyclic) bond motifs is 6. The number of hydrogen-bond acceptors (Lipinski definition) is 1. The van der Waals surface area contributed by atoms with Gasteiger partial charge in [-0.15, -0.1) is 0 Å². The van der Waals surface area contributed by atoms with E-state index in [0.717, 1.165) is 37.8 Å². The summed E-state index contributed by atoms with van der Waals surface area (Å²) in [6.07, 6.45) is 0. The van der Waals surface area contributed by atoms with Crippen molar-refractivity contribution < 1.29 is 4.57 Å². The highest BCUT2D eigenvalue weighted by Crippen LogP contribution is 2.49. The van der Waals surface area contributed by atoms with Crippen LogP contribution in [0.1, 0.15) is 25.0 Å². The second-order valence-electron chi connectivity index (χ2n) is 12.9. The first-order valence-corrected chi connectivity index (χ1v) is 17.6. The molecule has 0 aliphatic carbocycles. The summed E-state index contributed by atoms with van der Waals surface area (Å²) in [5.74, 6) is 0. The Balaban J connectivity index is 1.28. The molecule has 0 radical (unpaired) electrons. The Morgan fingerprint density at radius 2 is 1.13 bits per heavy atom. The van der Waals surface area contributed by atoms with Crippen LogP contribution in [0.4, 0.5) is 0 Å². The van der Waals surface area contributed by atoms with E-state index in [1.54, 1.807) is 0 Å². The highest BCUT2D eigenvalue weighted by molar-refractivity contribution is 7.85. The molecule has 0 saturated heterocycles. The van der Waals surface area contributed by atoms with E-state index < -0.39 is 7.14 Å². The maximum absolute atomic E-state index is 15.4. The molecule has 0 saturated carbocycles. The summed E-state index contributed by atoms with van der Waals surface area (Å²) in [7, 11) is -3.15. The van der Waals surface area contributed by atoms with E-state index in [4.69, 9.17) is 0 Å². The maximum Gasteiger partial charge on any atom is 0.171 e. The third-order valence-corrected chi connectivity index (χ3v) is 13.2. The van der Waals surface area contributed by atoms with Crippen molar-refractivity contribution in [1.82, 2.24) is 4.57 Å². The van der Waals surface area contributed by atoms with Gasteiger partial charge in [-0.25, -0.2) is 0 Å². The van der Waals surface area contributed by atoms with Crippen LogP contribution < -0.4 is 15.9 Å². The van der Waals surface area contributed by atoms with Gasteiger partial charge < -0.3 is 9.13 Å². The van der Waals surface area contributed by atoms with E-state index in [2.05, 4.69) is 115 Å². The minimum absolute atomic E-state index is 0.193. The molecule has 0 unspecified atom stereocenters. The first-order valence-electron chi connectivity index (χ1n) is 15.9. The van der Waals surface area contributed by atoms with Gasteiger partial charge in [0.1, 0.15) is 0 Å². The standard InChI is InChI=1S/C43H32NOP/c1-43(2)37-23-12-22-36-34-18-9-10-24-39(34)44(42(36)37)40-27-26-29(28-38(40)43)32-19-11-21-35-33(32)20-13-25-41(35)46(45,30-14-5-3-6-15-30)31-16-7-4-8-17-31/h3-28H,1-2H3. The van der Waals surface area contributed by atoms with Gasteiger partial charge in [-0.05, 0) is 51.2 Å². The Morgan fingerprint density at radius 3 is 1.89 bits per heavy atom. The van der Waals surface area contributed by atoms with Crippen LogP contribution in [0.15, 0.2) is 158 Å². The Bertz CT molecular complexity index is 2480. The fourth-order valence-corrected chi connectivity index (χ4v) is 10.7. The molecular formula is C43H32NOP. The largest absolute Gasteiger partial charge is 0.309 e. The van der Waals surface area contributed by atoms with Crippen LogP contribution in [0, 0.1) is 0 Å². The Labute approximate surface area is 269 Å². The molecule has 9 rings (SSSR count). The van der Waals surface area contributed by atoms with E-state index in [0.29, 0.717) is 0 Å². The van der Waals surface area contributed by atoms with Gasteiger partial charge >= 0.3 is 0 Å². The van der Waals surface area contributed by atoms with Crippen LogP contribution in [-0.2, 0) is 9.98 Å². The molecule has 1 aliphatic rings. The smallest absolute Gasteiger partial charge is 0.171 e. The molecule has 220 valence electrons. The summed E-state index contributed by atoms with van der Waals surface area (Å²) in [4.78, 5) is 0. The van der Waals surface area contributed by atoms with Crippen LogP contribution >= 0.6 is 7.14 Å². The molecule has 0 bridgehead atoms. The number of rotatable bonds is 4. The first-order chi connectivity index (χ1) is 22.5. The van der Waals surface area contributed by atoms with Gasteiger partial charge in [0.25, 0.3) is 0 Å².